The summed E-state index contributed by atoms with van der Waals surface area (Å²) in [5.74, 6) is -1.59. The normalized spacial score (nSPS) is 10.2. The number of phenols is 1. The van der Waals surface area contributed by atoms with Crippen LogP contribution >= 0.6 is 24.0 Å². The summed E-state index contributed by atoms with van der Waals surface area (Å²) in [4.78, 5) is 0. The van der Waals surface area contributed by atoms with Crippen LogP contribution in [-0.4, -0.2) is 5.11 Å². The van der Waals surface area contributed by atoms with E-state index < -0.39 is 11.6 Å². The zero-order valence-electron chi connectivity index (χ0n) is 10.4. The summed E-state index contributed by atoms with van der Waals surface area (Å²) in [5, 5.41) is 13.2. The van der Waals surface area contributed by atoms with Gasteiger partial charge in [0.1, 0.15) is 5.75 Å². The molecular formula is C14H13Cl2F2NO. The van der Waals surface area contributed by atoms with Crippen LogP contribution in [0.5, 0.6) is 5.75 Å². The van der Waals surface area contributed by atoms with Crippen molar-refractivity contribution in [2.75, 3.05) is 0 Å². The maximum atomic E-state index is 13.0. The molecule has 0 atom stereocenters. The first kappa shape index (κ1) is 16.7. The van der Waals surface area contributed by atoms with Crippen molar-refractivity contribution < 1.29 is 13.9 Å². The van der Waals surface area contributed by atoms with Crippen molar-refractivity contribution in [2.24, 2.45) is 0 Å². The van der Waals surface area contributed by atoms with Gasteiger partial charge < -0.3 is 10.4 Å². The summed E-state index contributed by atoms with van der Waals surface area (Å²) in [6, 6.07) is 8.48. The van der Waals surface area contributed by atoms with Gasteiger partial charge in [-0.05, 0) is 35.9 Å². The van der Waals surface area contributed by atoms with E-state index in [1.54, 1.807) is 12.1 Å². The second-order valence-corrected chi connectivity index (χ2v) is 4.56. The van der Waals surface area contributed by atoms with E-state index in [4.69, 9.17) is 11.6 Å². The Hall–Kier alpha value is -1.36. The lowest BCUT2D eigenvalue weighted by molar-refractivity contribution is 0.464. The van der Waals surface area contributed by atoms with E-state index in [1.807, 2.05) is 0 Å². The number of hydrogen-bond acceptors (Lipinski definition) is 2. The summed E-state index contributed by atoms with van der Waals surface area (Å²) in [5.41, 5.74) is 1.27. The molecule has 0 heterocycles. The van der Waals surface area contributed by atoms with Crippen molar-refractivity contribution in [3.8, 4) is 5.75 Å². The van der Waals surface area contributed by atoms with Crippen LogP contribution in [0.15, 0.2) is 36.4 Å². The number of benzene rings is 2. The van der Waals surface area contributed by atoms with Crippen LogP contribution in [0.3, 0.4) is 0 Å². The quantitative estimate of drug-likeness (QED) is 0.891. The largest absolute Gasteiger partial charge is 0.508 e. The molecule has 0 bridgehead atoms. The molecule has 0 aliphatic rings. The number of nitrogens with one attached hydrogen (secondary N) is 1. The highest BCUT2D eigenvalue weighted by Gasteiger charge is 2.04. The first-order valence-corrected chi connectivity index (χ1v) is 6.06. The summed E-state index contributed by atoms with van der Waals surface area (Å²) in [6.45, 7) is 0.745. The third-order valence-electron chi connectivity index (χ3n) is 2.67. The predicted octanol–water partition coefficient (Wildman–Crippen LogP) is 4.04. The third kappa shape index (κ3) is 4.34. The number of halogens is 4. The van der Waals surface area contributed by atoms with Gasteiger partial charge in [0, 0.05) is 23.7 Å². The molecule has 2 N–H and O–H groups in total. The minimum atomic E-state index is -0.870. The molecule has 2 aromatic rings. The van der Waals surface area contributed by atoms with Crippen LogP contribution in [0.4, 0.5) is 8.78 Å². The zero-order chi connectivity index (χ0) is 13.8. The van der Waals surface area contributed by atoms with Crippen molar-refractivity contribution in [1.82, 2.24) is 5.32 Å². The Morgan fingerprint density at radius 1 is 1.00 bits per heavy atom. The molecule has 0 saturated carbocycles. The minimum absolute atomic E-state index is 0. The number of hydrogen-bond donors (Lipinski definition) is 2. The van der Waals surface area contributed by atoms with Gasteiger partial charge in [-0.15, -0.1) is 12.4 Å². The van der Waals surface area contributed by atoms with Crippen LogP contribution in [-0.2, 0) is 13.1 Å². The van der Waals surface area contributed by atoms with Gasteiger partial charge in [-0.3, -0.25) is 0 Å². The molecule has 108 valence electrons. The second-order valence-electron chi connectivity index (χ2n) is 4.13. The van der Waals surface area contributed by atoms with E-state index in [9.17, 15) is 13.9 Å². The number of aromatic hydroxyl groups is 1. The highest BCUT2D eigenvalue weighted by Crippen LogP contribution is 2.21. The predicted molar refractivity (Wildman–Crippen MR) is 77.3 cm³/mol. The van der Waals surface area contributed by atoms with Crippen LogP contribution in [0.2, 0.25) is 5.02 Å². The van der Waals surface area contributed by atoms with Gasteiger partial charge in [0.25, 0.3) is 0 Å². The Kier molecular flexibility index (Phi) is 6.20. The van der Waals surface area contributed by atoms with E-state index >= 15 is 0 Å². The molecule has 0 radical (unpaired) electrons. The molecule has 0 aliphatic carbocycles. The maximum absolute atomic E-state index is 13.0. The van der Waals surface area contributed by atoms with Gasteiger partial charge >= 0.3 is 0 Å². The fourth-order valence-electron chi connectivity index (χ4n) is 1.69. The van der Waals surface area contributed by atoms with Gasteiger partial charge in [-0.25, -0.2) is 8.78 Å². The molecule has 20 heavy (non-hydrogen) atoms. The monoisotopic (exact) mass is 319 g/mol. The van der Waals surface area contributed by atoms with E-state index in [0.717, 1.165) is 12.1 Å². The summed E-state index contributed by atoms with van der Waals surface area (Å²) in [6.07, 6.45) is 0. The zero-order valence-corrected chi connectivity index (χ0v) is 11.9. The smallest absolute Gasteiger partial charge is 0.159 e. The topological polar surface area (TPSA) is 32.3 Å². The molecule has 2 nitrogen and oxygen atoms in total. The fourth-order valence-corrected chi connectivity index (χ4v) is 1.88. The van der Waals surface area contributed by atoms with E-state index in [0.29, 0.717) is 29.2 Å². The second kappa shape index (κ2) is 7.43. The average molecular weight is 320 g/mol. The highest BCUT2D eigenvalue weighted by molar-refractivity contribution is 6.30. The van der Waals surface area contributed by atoms with Gasteiger partial charge in [0.15, 0.2) is 11.6 Å². The third-order valence-corrected chi connectivity index (χ3v) is 2.91. The van der Waals surface area contributed by atoms with E-state index in [2.05, 4.69) is 5.32 Å². The summed E-state index contributed by atoms with van der Waals surface area (Å²) >= 11 is 5.82. The molecule has 2 rings (SSSR count). The highest BCUT2D eigenvalue weighted by atomic mass is 35.5. The first-order valence-electron chi connectivity index (χ1n) is 5.68. The lowest BCUT2D eigenvalue weighted by Gasteiger charge is -2.07. The molecular weight excluding hydrogens is 307 g/mol. The molecule has 2 aromatic carbocycles. The molecule has 6 heteroatoms. The van der Waals surface area contributed by atoms with Crippen molar-refractivity contribution in [3.63, 3.8) is 0 Å². The standard InChI is InChI=1S/C14H12ClF2NO.ClH/c15-11-2-4-14(19)10(6-11)8-18-7-9-1-3-12(16)13(17)5-9;/h1-6,18-19H,7-8H2;1H. The molecule has 0 spiro atoms. The Bertz CT molecular complexity index is 593. The van der Waals surface area contributed by atoms with Crippen molar-refractivity contribution in [1.29, 1.82) is 0 Å². The average Bonchev–Trinajstić information content (AvgIpc) is 2.38. The van der Waals surface area contributed by atoms with Crippen molar-refractivity contribution in [2.45, 2.75) is 13.1 Å². The number of phenolic OH excluding ortho intramolecular Hbond substituents is 1. The minimum Gasteiger partial charge on any atom is -0.508 e. The molecule has 0 saturated heterocycles. The number of rotatable bonds is 4. The molecule has 0 amide bonds. The Morgan fingerprint density at radius 3 is 2.45 bits per heavy atom. The van der Waals surface area contributed by atoms with Crippen molar-refractivity contribution >= 4 is 24.0 Å². The van der Waals surface area contributed by atoms with Gasteiger partial charge in [0.2, 0.25) is 0 Å². The lowest BCUT2D eigenvalue weighted by Crippen LogP contribution is -2.13. The van der Waals surface area contributed by atoms with Crippen LogP contribution in [0.25, 0.3) is 0 Å². The fraction of sp³-hybridized carbons (Fsp3) is 0.143. The van der Waals surface area contributed by atoms with Crippen LogP contribution in [0.1, 0.15) is 11.1 Å². The maximum Gasteiger partial charge on any atom is 0.159 e. The van der Waals surface area contributed by atoms with Gasteiger partial charge in [-0.2, -0.15) is 0 Å². The van der Waals surface area contributed by atoms with Gasteiger partial charge in [0.05, 0.1) is 0 Å². The van der Waals surface area contributed by atoms with Crippen LogP contribution in [0, 0.1) is 11.6 Å². The molecule has 0 fully saturated rings. The van der Waals surface area contributed by atoms with E-state index in [-0.39, 0.29) is 18.2 Å². The van der Waals surface area contributed by atoms with Gasteiger partial charge in [-0.1, -0.05) is 17.7 Å². The van der Waals surface area contributed by atoms with Crippen molar-refractivity contribution in [3.05, 3.63) is 64.2 Å². The summed E-state index contributed by atoms with van der Waals surface area (Å²) in [7, 11) is 0. The lowest BCUT2D eigenvalue weighted by atomic mass is 10.2. The molecule has 0 aromatic heterocycles. The molecule has 0 aliphatic heterocycles. The summed E-state index contributed by atoms with van der Waals surface area (Å²) < 4.78 is 25.7. The van der Waals surface area contributed by atoms with E-state index in [1.165, 1.54) is 12.1 Å². The first-order chi connectivity index (χ1) is 9.06. The van der Waals surface area contributed by atoms with Crippen LogP contribution < -0.4 is 5.32 Å². The Labute approximate surface area is 126 Å². The SMILES string of the molecule is Cl.Oc1ccc(Cl)cc1CNCc1ccc(F)c(F)c1. The Morgan fingerprint density at radius 2 is 1.75 bits per heavy atom. The molecule has 0 unspecified atom stereocenters. The Balaban J connectivity index is 0.00000200.